The quantitative estimate of drug-likeness (QED) is 0.759. The van der Waals surface area contributed by atoms with Gasteiger partial charge in [-0.15, -0.1) is 11.3 Å². The highest BCUT2D eigenvalue weighted by molar-refractivity contribution is 7.16. The zero-order valence-electron chi connectivity index (χ0n) is 13.1. The summed E-state index contributed by atoms with van der Waals surface area (Å²) in [5, 5.41) is 3.41. The number of thiophene rings is 1. The lowest BCUT2D eigenvalue weighted by atomic mass is 10.0. The van der Waals surface area contributed by atoms with E-state index in [1.165, 1.54) is 18.4 Å². The first kappa shape index (κ1) is 17.7. The second-order valence-electron chi connectivity index (χ2n) is 5.25. The fraction of sp³-hybridized carbons (Fsp3) is 0.600. The van der Waals surface area contributed by atoms with Crippen LogP contribution in [-0.4, -0.2) is 25.5 Å². The molecule has 0 saturated heterocycles. The van der Waals surface area contributed by atoms with Gasteiger partial charge in [0, 0.05) is 11.3 Å². The minimum atomic E-state index is -0.413. The summed E-state index contributed by atoms with van der Waals surface area (Å²) in [5.41, 5.74) is 6.82. The van der Waals surface area contributed by atoms with Crippen molar-refractivity contribution in [2.24, 2.45) is 11.7 Å². The lowest BCUT2D eigenvalue weighted by Gasteiger charge is -2.10. The molecule has 1 rings (SSSR count). The molecule has 6 heteroatoms. The highest BCUT2D eigenvalue weighted by Crippen LogP contribution is 2.33. The van der Waals surface area contributed by atoms with Crippen LogP contribution >= 0.6 is 11.3 Å². The third kappa shape index (κ3) is 4.82. The van der Waals surface area contributed by atoms with Gasteiger partial charge in [0.25, 0.3) is 0 Å². The molecular formula is C15H24N2O3S. The van der Waals surface area contributed by atoms with Gasteiger partial charge in [0.05, 0.1) is 12.7 Å². The van der Waals surface area contributed by atoms with Crippen molar-refractivity contribution in [3.63, 3.8) is 0 Å². The highest BCUT2D eigenvalue weighted by atomic mass is 32.1. The minimum Gasteiger partial charge on any atom is -0.465 e. The van der Waals surface area contributed by atoms with Gasteiger partial charge in [-0.05, 0) is 44.7 Å². The van der Waals surface area contributed by atoms with E-state index in [1.54, 1.807) is 0 Å². The Morgan fingerprint density at radius 2 is 2.00 bits per heavy atom. The zero-order chi connectivity index (χ0) is 16.0. The van der Waals surface area contributed by atoms with Crippen LogP contribution in [0.4, 0.5) is 5.00 Å². The molecule has 0 spiro atoms. The second-order valence-corrected chi connectivity index (χ2v) is 6.47. The van der Waals surface area contributed by atoms with E-state index in [9.17, 15) is 9.59 Å². The monoisotopic (exact) mass is 312 g/mol. The predicted octanol–water partition coefficient (Wildman–Crippen LogP) is 2.86. The lowest BCUT2D eigenvalue weighted by Crippen LogP contribution is -2.15. The van der Waals surface area contributed by atoms with Crippen LogP contribution in [-0.2, 0) is 9.53 Å². The summed E-state index contributed by atoms with van der Waals surface area (Å²) < 4.78 is 4.79. The van der Waals surface area contributed by atoms with E-state index < -0.39 is 5.97 Å². The van der Waals surface area contributed by atoms with Gasteiger partial charge in [0.1, 0.15) is 5.00 Å². The van der Waals surface area contributed by atoms with E-state index in [2.05, 4.69) is 12.2 Å². The molecule has 1 heterocycles. The van der Waals surface area contributed by atoms with Crippen molar-refractivity contribution in [1.29, 1.82) is 0 Å². The molecule has 0 bridgehead atoms. The summed E-state index contributed by atoms with van der Waals surface area (Å²) in [5.74, 6) is -0.0680. The van der Waals surface area contributed by atoms with E-state index in [-0.39, 0.29) is 5.91 Å². The van der Waals surface area contributed by atoms with Crippen LogP contribution in [0.5, 0.6) is 0 Å². The molecule has 1 amide bonds. The topological polar surface area (TPSA) is 81.4 Å². The standard InChI is InChI=1S/C15H24N2O3S/c1-9(7-8-16)5-6-12(18)17-14-13(15(19)20-4)10(2)11(3)21-14/h9H,5-8,16H2,1-4H3,(H,17,18). The van der Waals surface area contributed by atoms with Gasteiger partial charge in [-0.25, -0.2) is 4.79 Å². The SMILES string of the molecule is COC(=O)c1c(NC(=O)CCC(C)CCN)sc(C)c1C. The molecule has 0 aliphatic carbocycles. The summed E-state index contributed by atoms with van der Waals surface area (Å²) in [6, 6.07) is 0. The maximum absolute atomic E-state index is 12.0. The summed E-state index contributed by atoms with van der Waals surface area (Å²) in [6.07, 6.45) is 2.13. The van der Waals surface area contributed by atoms with Crippen LogP contribution in [0.3, 0.4) is 0 Å². The molecule has 1 aromatic heterocycles. The van der Waals surface area contributed by atoms with Crippen LogP contribution in [0.15, 0.2) is 0 Å². The fourth-order valence-electron chi connectivity index (χ4n) is 2.06. The predicted molar refractivity (Wildman–Crippen MR) is 85.8 cm³/mol. The van der Waals surface area contributed by atoms with Crippen LogP contribution in [0.1, 0.15) is 47.0 Å². The van der Waals surface area contributed by atoms with Crippen molar-refractivity contribution in [3.8, 4) is 0 Å². The first-order valence-electron chi connectivity index (χ1n) is 7.08. The first-order chi connectivity index (χ1) is 9.90. The first-order valence-corrected chi connectivity index (χ1v) is 7.90. The number of amides is 1. The Labute approximate surface area is 129 Å². The molecule has 0 aliphatic rings. The van der Waals surface area contributed by atoms with Crippen LogP contribution < -0.4 is 11.1 Å². The number of ether oxygens (including phenoxy) is 1. The van der Waals surface area contributed by atoms with Crippen molar-refractivity contribution in [1.82, 2.24) is 0 Å². The fourth-order valence-corrected chi connectivity index (χ4v) is 3.12. The number of carbonyl (C=O) groups is 2. The second kappa shape index (κ2) is 8.14. The molecule has 118 valence electrons. The van der Waals surface area contributed by atoms with Gasteiger partial charge >= 0.3 is 5.97 Å². The Morgan fingerprint density at radius 3 is 2.57 bits per heavy atom. The molecule has 1 unspecified atom stereocenters. The number of hydrogen-bond donors (Lipinski definition) is 2. The van der Waals surface area contributed by atoms with Gasteiger partial charge < -0.3 is 15.8 Å². The Kier molecular flexibility index (Phi) is 6.84. The molecular weight excluding hydrogens is 288 g/mol. The van der Waals surface area contributed by atoms with Crippen molar-refractivity contribution in [2.45, 2.75) is 40.0 Å². The molecule has 21 heavy (non-hydrogen) atoms. The number of aryl methyl sites for hydroxylation is 1. The summed E-state index contributed by atoms with van der Waals surface area (Å²) in [4.78, 5) is 24.8. The molecule has 0 radical (unpaired) electrons. The minimum absolute atomic E-state index is 0.0784. The number of rotatable bonds is 7. The van der Waals surface area contributed by atoms with E-state index in [0.717, 1.165) is 23.3 Å². The number of esters is 1. The Balaban J connectivity index is 2.72. The Hall–Kier alpha value is -1.40. The van der Waals surface area contributed by atoms with Crippen molar-refractivity contribution in [3.05, 3.63) is 16.0 Å². The molecule has 0 aliphatic heterocycles. The zero-order valence-corrected chi connectivity index (χ0v) is 13.9. The molecule has 0 aromatic carbocycles. The summed E-state index contributed by atoms with van der Waals surface area (Å²) >= 11 is 1.40. The maximum Gasteiger partial charge on any atom is 0.341 e. The van der Waals surface area contributed by atoms with Gasteiger partial charge in [0.2, 0.25) is 5.91 Å². The number of nitrogens with two attached hydrogens (primary N) is 1. The van der Waals surface area contributed by atoms with Crippen LogP contribution in [0.25, 0.3) is 0 Å². The van der Waals surface area contributed by atoms with Gasteiger partial charge in [-0.3, -0.25) is 4.79 Å². The van der Waals surface area contributed by atoms with Gasteiger partial charge in [0.15, 0.2) is 0 Å². The van der Waals surface area contributed by atoms with Gasteiger partial charge in [-0.1, -0.05) is 6.92 Å². The van der Waals surface area contributed by atoms with E-state index in [0.29, 0.717) is 29.4 Å². The molecule has 1 aromatic rings. The van der Waals surface area contributed by atoms with E-state index >= 15 is 0 Å². The number of hydrogen-bond acceptors (Lipinski definition) is 5. The third-order valence-corrected chi connectivity index (χ3v) is 4.67. The highest BCUT2D eigenvalue weighted by Gasteiger charge is 2.21. The average molecular weight is 312 g/mol. The van der Waals surface area contributed by atoms with Crippen molar-refractivity contribution >= 4 is 28.2 Å². The van der Waals surface area contributed by atoms with E-state index in [1.807, 2.05) is 13.8 Å². The number of carbonyl (C=O) groups excluding carboxylic acids is 2. The van der Waals surface area contributed by atoms with Crippen LogP contribution in [0, 0.1) is 19.8 Å². The summed E-state index contributed by atoms with van der Waals surface area (Å²) in [6.45, 7) is 6.50. The number of nitrogens with one attached hydrogen (secondary N) is 1. The molecule has 1 atom stereocenters. The van der Waals surface area contributed by atoms with Gasteiger partial charge in [-0.2, -0.15) is 0 Å². The third-order valence-electron chi connectivity index (χ3n) is 3.55. The Bertz CT molecular complexity index is 511. The molecule has 5 nitrogen and oxygen atoms in total. The smallest absolute Gasteiger partial charge is 0.341 e. The van der Waals surface area contributed by atoms with E-state index in [4.69, 9.17) is 10.5 Å². The number of methoxy groups -OCH3 is 1. The van der Waals surface area contributed by atoms with Crippen LogP contribution in [0.2, 0.25) is 0 Å². The largest absolute Gasteiger partial charge is 0.465 e. The normalized spacial score (nSPS) is 12.0. The molecule has 3 N–H and O–H groups in total. The van der Waals surface area contributed by atoms with Crippen molar-refractivity contribution < 1.29 is 14.3 Å². The lowest BCUT2D eigenvalue weighted by molar-refractivity contribution is -0.116. The molecule has 0 saturated carbocycles. The number of anilines is 1. The average Bonchev–Trinajstić information content (AvgIpc) is 2.71. The Morgan fingerprint density at radius 1 is 1.33 bits per heavy atom. The maximum atomic E-state index is 12.0. The molecule has 0 fully saturated rings. The van der Waals surface area contributed by atoms with Crippen molar-refractivity contribution in [2.75, 3.05) is 19.0 Å². The summed E-state index contributed by atoms with van der Waals surface area (Å²) in [7, 11) is 1.34.